The van der Waals surface area contributed by atoms with E-state index in [9.17, 15) is 0 Å². The number of aromatic amines is 1. The third-order valence-corrected chi connectivity index (χ3v) is 4.14. The summed E-state index contributed by atoms with van der Waals surface area (Å²) in [7, 11) is 0. The second-order valence-electron chi connectivity index (χ2n) is 4.99. The highest BCUT2D eigenvalue weighted by Gasteiger charge is 2.25. The van der Waals surface area contributed by atoms with Gasteiger partial charge in [0.2, 0.25) is 0 Å². The van der Waals surface area contributed by atoms with Crippen molar-refractivity contribution in [3.8, 4) is 0 Å². The molecule has 4 nitrogen and oxygen atoms in total. The summed E-state index contributed by atoms with van der Waals surface area (Å²) >= 11 is 5.41. The molecule has 1 N–H and O–H groups in total. The van der Waals surface area contributed by atoms with Gasteiger partial charge in [0.05, 0.1) is 11.6 Å². The molecular weight excluding hydrogens is 246 g/mol. The third-order valence-electron chi connectivity index (χ3n) is 3.82. The minimum atomic E-state index is 0.307. The Labute approximate surface area is 111 Å². The maximum atomic E-state index is 5.61. The van der Waals surface area contributed by atoms with E-state index in [1.54, 1.807) is 0 Å². The molecular formula is C13H17N3OS. The van der Waals surface area contributed by atoms with E-state index in [4.69, 9.17) is 17.0 Å². The standard InChI is InChI=1S/C13H17N3OS/c1-8-3-5-14-12-11(8)15-13(18)16(12)7-10-4-6-17-9(10)2/h3,5,9-10H,4,6-7H2,1-2H3,(H,15,18). The fourth-order valence-electron chi connectivity index (χ4n) is 2.59. The average molecular weight is 263 g/mol. The van der Waals surface area contributed by atoms with Crippen LogP contribution in [0.3, 0.4) is 0 Å². The molecule has 1 saturated heterocycles. The molecule has 3 heterocycles. The zero-order chi connectivity index (χ0) is 12.7. The van der Waals surface area contributed by atoms with Crippen molar-refractivity contribution in [2.24, 2.45) is 5.92 Å². The second-order valence-corrected chi connectivity index (χ2v) is 5.38. The van der Waals surface area contributed by atoms with Crippen molar-refractivity contribution in [3.05, 3.63) is 22.6 Å². The molecule has 1 aliphatic rings. The number of aryl methyl sites for hydroxylation is 1. The number of imidazole rings is 1. The number of pyridine rings is 1. The molecule has 1 aliphatic heterocycles. The van der Waals surface area contributed by atoms with Crippen molar-refractivity contribution in [3.63, 3.8) is 0 Å². The minimum absolute atomic E-state index is 0.307. The van der Waals surface area contributed by atoms with Gasteiger partial charge in [0.25, 0.3) is 0 Å². The Hall–Kier alpha value is -1.20. The van der Waals surface area contributed by atoms with Crippen molar-refractivity contribution in [2.45, 2.75) is 32.9 Å². The first-order chi connectivity index (χ1) is 8.66. The van der Waals surface area contributed by atoms with Gasteiger partial charge in [-0.25, -0.2) is 4.98 Å². The number of hydrogen-bond acceptors (Lipinski definition) is 3. The summed E-state index contributed by atoms with van der Waals surface area (Å²) in [6.07, 6.45) is 3.24. The maximum Gasteiger partial charge on any atom is 0.179 e. The zero-order valence-electron chi connectivity index (χ0n) is 10.6. The van der Waals surface area contributed by atoms with E-state index in [2.05, 4.69) is 28.4 Å². The van der Waals surface area contributed by atoms with E-state index in [0.29, 0.717) is 12.0 Å². The van der Waals surface area contributed by atoms with Crippen LogP contribution in [0.2, 0.25) is 0 Å². The lowest BCUT2D eigenvalue weighted by molar-refractivity contribution is 0.102. The van der Waals surface area contributed by atoms with Crippen LogP contribution < -0.4 is 0 Å². The number of fused-ring (bicyclic) bond motifs is 1. The quantitative estimate of drug-likeness (QED) is 0.847. The molecule has 2 aromatic heterocycles. The van der Waals surface area contributed by atoms with E-state index < -0.39 is 0 Å². The Morgan fingerprint density at radius 2 is 2.44 bits per heavy atom. The Bertz CT molecular complexity index is 631. The highest BCUT2D eigenvalue weighted by molar-refractivity contribution is 7.71. The number of rotatable bonds is 2. The van der Waals surface area contributed by atoms with Gasteiger partial charge in [-0.2, -0.15) is 0 Å². The lowest BCUT2D eigenvalue weighted by atomic mass is 10.0. The smallest absolute Gasteiger partial charge is 0.179 e. The van der Waals surface area contributed by atoms with Gasteiger partial charge in [0, 0.05) is 25.3 Å². The Kier molecular flexibility index (Phi) is 2.95. The maximum absolute atomic E-state index is 5.61. The number of hydrogen-bond donors (Lipinski definition) is 1. The lowest BCUT2D eigenvalue weighted by Crippen LogP contribution is -2.18. The van der Waals surface area contributed by atoms with Gasteiger partial charge in [-0.15, -0.1) is 0 Å². The van der Waals surface area contributed by atoms with Crippen molar-refractivity contribution in [2.75, 3.05) is 6.61 Å². The number of ether oxygens (including phenoxy) is 1. The zero-order valence-corrected chi connectivity index (χ0v) is 11.5. The summed E-state index contributed by atoms with van der Waals surface area (Å²) in [5.74, 6) is 0.526. The molecule has 0 aliphatic carbocycles. The average Bonchev–Trinajstić information content (AvgIpc) is 2.87. The highest BCUT2D eigenvalue weighted by Crippen LogP contribution is 2.24. The number of aromatic nitrogens is 3. The third kappa shape index (κ3) is 1.87. The molecule has 0 saturated carbocycles. The van der Waals surface area contributed by atoms with Crippen LogP contribution in [0, 0.1) is 17.6 Å². The number of nitrogens with zero attached hydrogens (tertiary/aromatic N) is 2. The first kappa shape index (κ1) is 11.9. The van der Waals surface area contributed by atoms with E-state index in [0.717, 1.165) is 35.5 Å². The summed E-state index contributed by atoms with van der Waals surface area (Å²) in [6.45, 7) is 5.94. The summed E-state index contributed by atoms with van der Waals surface area (Å²) in [5.41, 5.74) is 3.19. The van der Waals surface area contributed by atoms with Gasteiger partial charge < -0.3 is 14.3 Å². The van der Waals surface area contributed by atoms with Gasteiger partial charge in [-0.3, -0.25) is 0 Å². The Balaban J connectivity index is 2.04. The van der Waals surface area contributed by atoms with Crippen LogP contribution in [0.4, 0.5) is 0 Å². The predicted molar refractivity (Wildman–Crippen MR) is 73.2 cm³/mol. The van der Waals surface area contributed by atoms with Crippen LogP contribution in [0.15, 0.2) is 12.3 Å². The van der Waals surface area contributed by atoms with Gasteiger partial charge in [0.1, 0.15) is 0 Å². The summed E-state index contributed by atoms with van der Waals surface area (Å²) < 4.78 is 8.47. The molecule has 96 valence electrons. The summed E-state index contributed by atoms with van der Waals surface area (Å²) in [4.78, 5) is 7.71. The van der Waals surface area contributed by atoms with E-state index in [1.807, 2.05) is 12.3 Å². The van der Waals surface area contributed by atoms with E-state index in [-0.39, 0.29) is 0 Å². The highest BCUT2D eigenvalue weighted by atomic mass is 32.1. The van der Waals surface area contributed by atoms with E-state index in [1.165, 1.54) is 5.56 Å². The van der Waals surface area contributed by atoms with Crippen LogP contribution in [0.5, 0.6) is 0 Å². The Morgan fingerprint density at radius 3 is 3.17 bits per heavy atom. The molecule has 1 fully saturated rings. The fraction of sp³-hybridized carbons (Fsp3) is 0.538. The van der Waals surface area contributed by atoms with Crippen LogP contribution in [0.25, 0.3) is 11.2 Å². The largest absolute Gasteiger partial charge is 0.378 e. The molecule has 0 bridgehead atoms. The number of nitrogens with one attached hydrogen (secondary N) is 1. The first-order valence-corrected chi connectivity index (χ1v) is 6.73. The molecule has 18 heavy (non-hydrogen) atoms. The van der Waals surface area contributed by atoms with E-state index >= 15 is 0 Å². The van der Waals surface area contributed by atoms with Gasteiger partial charge in [-0.05, 0) is 44.1 Å². The van der Waals surface area contributed by atoms with Crippen molar-refractivity contribution >= 4 is 23.4 Å². The van der Waals surface area contributed by atoms with Crippen LogP contribution >= 0.6 is 12.2 Å². The molecule has 2 aromatic rings. The molecule has 2 atom stereocenters. The lowest BCUT2D eigenvalue weighted by Gasteiger charge is -2.14. The molecule has 2 unspecified atom stereocenters. The van der Waals surface area contributed by atoms with Gasteiger partial charge >= 0.3 is 0 Å². The minimum Gasteiger partial charge on any atom is -0.378 e. The van der Waals surface area contributed by atoms with Crippen LogP contribution in [-0.2, 0) is 11.3 Å². The van der Waals surface area contributed by atoms with Crippen LogP contribution in [-0.4, -0.2) is 27.2 Å². The normalized spacial score (nSPS) is 23.9. The molecule has 5 heteroatoms. The van der Waals surface area contributed by atoms with Crippen molar-refractivity contribution in [1.82, 2.24) is 14.5 Å². The topological polar surface area (TPSA) is 42.8 Å². The molecule has 0 spiro atoms. The Morgan fingerprint density at radius 1 is 1.61 bits per heavy atom. The SMILES string of the molecule is Cc1ccnc2c1[nH]c(=S)n2CC1CCOC1C. The molecule has 0 radical (unpaired) electrons. The summed E-state index contributed by atoms with van der Waals surface area (Å²) in [6, 6.07) is 2.00. The molecule has 0 amide bonds. The molecule has 3 rings (SSSR count). The van der Waals surface area contributed by atoms with Crippen molar-refractivity contribution in [1.29, 1.82) is 0 Å². The fourth-order valence-corrected chi connectivity index (χ4v) is 2.86. The monoisotopic (exact) mass is 263 g/mol. The second kappa shape index (κ2) is 4.48. The predicted octanol–water partition coefficient (Wildman–Crippen LogP) is 2.83. The first-order valence-electron chi connectivity index (χ1n) is 6.32. The van der Waals surface area contributed by atoms with Gasteiger partial charge in [-0.1, -0.05) is 0 Å². The van der Waals surface area contributed by atoms with Crippen LogP contribution in [0.1, 0.15) is 18.9 Å². The number of H-pyrrole nitrogens is 1. The molecule has 0 aromatic carbocycles. The van der Waals surface area contributed by atoms with Gasteiger partial charge in [0.15, 0.2) is 10.4 Å². The van der Waals surface area contributed by atoms with Crippen molar-refractivity contribution < 1.29 is 4.74 Å². The summed E-state index contributed by atoms with van der Waals surface area (Å²) in [5, 5.41) is 0.